The van der Waals surface area contributed by atoms with E-state index >= 15 is 0 Å². The van der Waals surface area contributed by atoms with Crippen LogP contribution >= 0.6 is 42.0 Å². The molecule has 1 aromatic carbocycles. The lowest BCUT2D eigenvalue weighted by Gasteiger charge is -1.99. The van der Waals surface area contributed by atoms with Crippen LogP contribution in [0.1, 0.15) is 5.56 Å². The minimum absolute atomic E-state index is 0.231. The summed E-state index contributed by atoms with van der Waals surface area (Å²) in [6, 6.07) is 4.04. The average Bonchev–Trinajstić information content (AvgIpc) is 2.20. The highest BCUT2D eigenvalue weighted by Gasteiger charge is 1.99. The fourth-order valence-corrected chi connectivity index (χ4v) is 1.72. The number of hydrogen-bond acceptors (Lipinski definition) is 3. The summed E-state index contributed by atoms with van der Waals surface area (Å²) in [5.41, 5.74) is 0.486. The first-order chi connectivity index (χ1) is 7.13. The summed E-state index contributed by atoms with van der Waals surface area (Å²) in [4.78, 5) is 3.87. The molecule has 0 atom stereocenters. The van der Waals surface area contributed by atoms with Crippen molar-refractivity contribution in [1.82, 2.24) is 0 Å². The van der Waals surface area contributed by atoms with Crippen LogP contribution < -0.4 is 0 Å². The molecule has 1 rings (SSSR count). The van der Waals surface area contributed by atoms with E-state index in [-0.39, 0.29) is 11.7 Å². The first-order valence-corrected chi connectivity index (χ1v) is 7.43. The minimum Gasteiger partial charge on any atom is -0.396 e. The number of benzene rings is 1. The predicted molar refractivity (Wildman–Crippen MR) is 70.8 cm³/mol. The highest BCUT2D eigenvalue weighted by molar-refractivity contribution is 14.2. The Labute approximate surface area is 108 Å². The number of nitrogens with zero attached hydrogens (tertiary/aromatic N) is 1. The van der Waals surface area contributed by atoms with E-state index < -0.39 is 0 Å². The van der Waals surface area contributed by atoms with Gasteiger partial charge in [0.2, 0.25) is 5.88 Å². The first-order valence-electron chi connectivity index (χ1n) is 3.77. The maximum Gasteiger partial charge on any atom is 0.221 e. The summed E-state index contributed by atoms with van der Waals surface area (Å²) in [6.07, 6.45) is 1.40. The fraction of sp³-hybridized carbons (Fsp3) is 0. The van der Waals surface area contributed by atoms with Crippen LogP contribution in [0.25, 0.3) is 0 Å². The van der Waals surface area contributed by atoms with E-state index in [9.17, 15) is 4.39 Å². The monoisotopic (exact) mass is 357 g/mol. The summed E-state index contributed by atoms with van der Waals surface area (Å²) in [5.74, 6) is -0.134. The second kappa shape index (κ2) is 6.34. The second-order valence-corrected chi connectivity index (χ2v) is 4.24. The van der Waals surface area contributed by atoms with E-state index in [0.29, 0.717) is 10.6 Å². The number of hydrogen-bond donors (Lipinski definition) is 0. The van der Waals surface area contributed by atoms with Crippen LogP contribution in [-0.4, -0.2) is 6.21 Å². The molecule has 0 saturated carbocycles. The Morgan fingerprint density at radius 2 is 2.40 bits per heavy atom. The molecule has 0 aliphatic carbocycles. The smallest absolute Gasteiger partial charge is 0.221 e. The lowest BCUT2D eigenvalue weighted by molar-refractivity contribution is 0.506. The molecule has 0 aliphatic rings. The Hall–Kier alpha value is -0.270. The van der Waals surface area contributed by atoms with Gasteiger partial charge in [0, 0.05) is 38.0 Å². The van der Waals surface area contributed by atoms with Crippen LogP contribution in [-0.2, 0) is 4.18 Å². The van der Waals surface area contributed by atoms with Crippen molar-refractivity contribution in [3.05, 3.63) is 47.1 Å². The largest absolute Gasteiger partial charge is 0.396 e. The van der Waals surface area contributed by atoms with Gasteiger partial charge in [0.1, 0.15) is 15.0 Å². The zero-order chi connectivity index (χ0) is 11.3. The molecule has 0 fully saturated rings. The van der Waals surface area contributed by atoms with Crippen molar-refractivity contribution < 1.29 is 8.57 Å². The normalized spacial score (nSPS) is 10.6. The zero-order valence-electron chi connectivity index (χ0n) is 7.41. The van der Waals surface area contributed by atoms with Gasteiger partial charge in [-0.3, -0.25) is 0 Å². The van der Waals surface area contributed by atoms with Gasteiger partial charge in [-0.2, -0.15) is 0 Å². The molecule has 80 valence electrons. The molecule has 0 aromatic heterocycles. The molecule has 0 heterocycles. The van der Waals surface area contributed by atoms with E-state index in [0.717, 1.165) is 9.21 Å². The average molecular weight is 358 g/mol. The van der Waals surface area contributed by atoms with Crippen molar-refractivity contribution in [1.29, 1.82) is 0 Å². The van der Waals surface area contributed by atoms with Crippen LogP contribution in [0.4, 0.5) is 4.39 Å². The Morgan fingerprint density at radius 3 is 3.07 bits per heavy atom. The molecule has 0 unspecified atom stereocenters. The quantitative estimate of drug-likeness (QED) is 0.345. The summed E-state index contributed by atoms with van der Waals surface area (Å²) >= 11 is 7.76. The van der Waals surface area contributed by atoms with Crippen molar-refractivity contribution in [3.63, 3.8) is 0 Å². The van der Waals surface area contributed by atoms with Crippen molar-refractivity contribution >= 4 is 48.2 Å². The predicted octanol–water partition coefficient (Wildman–Crippen LogP) is 4.38. The molecule has 6 heteroatoms. The van der Waals surface area contributed by atoms with Gasteiger partial charge in [0.05, 0.1) is 0 Å². The van der Waals surface area contributed by atoms with E-state index in [4.69, 9.17) is 15.8 Å². The van der Waals surface area contributed by atoms with Crippen LogP contribution in [0.15, 0.2) is 35.7 Å². The number of aliphatic imine (C=N–C) groups is 1. The van der Waals surface area contributed by atoms with Crippen LogP contribution in [0.5, 0.6) is 0 Å². The molecule has 0 spiro atoms. The van der Waals surface area contributed by atoms with Gasteiger partial charge < -0.3 is 4.18 Å². The summed E-state index contributed by atoms with van der Waals surface area (Å²) in [6.45, 7) is 3.53. The molecule has 1 aromatic rings. The Kier molecular flexibility index (Phi) is 5.41. The van der Waals surface area contributed by atoms with E-state index in [1.54, 1.807) is 0 Å². The number of halogens is 3. The molecule has 0 amide bonds. The Morgan fingerprint density at radius 1 is 1.67 bits per heavy atom. The summed E-state index contributed by atoms with van der Waals surface area (Å²) < 4.78 is 17.7. The van der Waals surface area contributed by atoms with Crippen molar-refractivity contribution in [2.45, 2.75) is 0 Å². The van der Waals surface area contributed by atoms with Gasteiger partial charge in [-0.25, -0.2) is 9.38 Å². The van der Waals surface area contributed by atoms with Crippen molar-refractivity contribution in [2.75, 3.05) is 0 Å². The summed E-state index contributed by atoms with van der Waals surface area (Å²) in [5, 5.41) is 0.426. The van der Waals surface area contributed by atoms with E-state index in [1.165, 1.54) is 24.4 Å². The third-order valence-corrected chi connectivity index (χ3v) is 2.57. The lowest BCUT2D eigenvalue weighted by atomic mass is 10.2. The lowest BCUT2D eigenvalue weighted by Crippen LogP contribution is -1.86. The third kappa shape index (κ3) is 4.40. The van der Waals surface area contributed by atoms with Gasteiger partial charge in [-0.05, 0) is 24.8 Å². The molecular weight excluding hydrogens is 352 g/mol. The summed E-state index contributed by atoms with van der Waals surface area (Å²) in [7, 11) is 1.10. The SMILES string of the molecule is C=C(/N=C/c1cc(F)ccc1Cl)OSI. The van der Waals surface area contributed by atoms with Gasteiger partial charge in [-0.1, -0.05) is 11.6 Å². The van der Waals surface area contributed by atoms with Gasteiger partial charge in [0.25, 0.3) is 0 Å². The molecule has 15 heavy (non-hydrogen) atoms. The second-order valence-electron chi connectivity index (χ2n) is 2.46. The molecule has 0 aliphatic heterocycles. The molecule has 0 saturated heterocycles. The van der Waals surface area contributed by atoms with Crippen molar-refractivity contribution in [2.24, 2.45) is 4.99 Å². The molecule has 0 bridgehead atoms. The third-order valence-electron chi connectivity index (χ3n) is 1.43. The Balaban J connectivity index is 2.79. The fourth-order valence-electron chi connectivity index (χ4n) is 0.813. The first kappa shape index (κ1) is 12.8. The van der Waals surface area contributed by atoms with E-state index in [2.05, 4.69) is 11.6 Å². The molecule has 0 N–H and O–H groups in total. The van der Waals surface area contributed by atoms with Crippen molar-refractivity contribution in [3.8, 4) is 0 Å². The minimum atomic E-state index is -0.365. The Bertz CT molecular complexity index is 400. The van der Waals surface area contributed by atoms with Crippen LogP contribution in [0.2, 0.25) is 5.02 Å². The zero-order valence-corrected chi connectivity index (χ0v) is 11.1. The topological polar surface area (TPSA) is 21.6 Å². The molecular formula is C9H6ClFINOS. The van der Waals surface area contributed by atoms with E-state index in [1.807, 2.05) is 21.2 Å². The molecule has 0 radical (unpaired) electrons. The maximum absolute atomic E-state index is 12.8. The maximum atomic E-state index is 12.8. The van der Waals surface area contributed by atoms with Crippen LogP contribution in [0, 0.1) is 5.82 Å². The van der Waals surface area contributed by atoms with Gasteiger partial charge >= 0.3 is 0 Å². The number of rotatable bonds is 4. The van der Waals surface area contributed by atoms with Gasteiger partial charge in [0.15, 0.2) is 0 Å². The standard InChI is InChI=1S/C9H6ClFINOS/c1-6(14-15-12)13-5-7-4-8(11)2-3-9(7)10/h2-5H,1H2/b13-5+. The molecule has 2 nitrogen and oxygen atoms in total. The van der Waals surface area contributed by atoms with Gasteiger partial charge in [-0.15, -0.1) is 0 Å². The van der Waals surface area contributed by atoms with Crippen LogP contribution in [0.3, 0.4) is 0 Å². The highest BCUT2D eigenvalue weighted by atomic mass is 127. The highest BCUT2D eigenvalue weighted by Crippen LogP contribution is 2.19.